The summed E-state index contributed by atoms with van der Waals surface area (Å²) in [6.45, 7) is 9.55. The number of allylic oxidation sites excluding steroid dienone is 1. The van der Waals surface area contributed by atoms with Gasteiger partial charge >= 0.3 is 11.9 Å². The number of hydrogen-bond donors (Lipinski definition) is 0. The third-order valence-electron chi connectivity index (χ3n) is 8.42. The van der Waals surface area contributed by atoms with Crippen molar-refractivity contribution in [1.82, 2.24) is 9.13 Å². The Labute approximate surface area is 287 Å². The third-order valence-corrected chi connectivity index (χ3v) is 9.40. The van der Waals surface area contributed by atoms with E-state index in [0.717, 1.165) is 28.0 Å². The van der Waals surface area contributed by atoms with Crippen molar-refractivity contribution in [2.75, 3.05) is 26.9 Å². The summed E-state index contributed by atoms with van der Waals surface area (Å²) in [7, 11) is 1.28. The Morgan fingerprint density at radius 1 is 0.918 bits per heavy atom. The minimum Gasteiger partial charge on any atom is -0.490 e. The van der Waals surface area contributed by atoms with E-state index in [0.29, 0.717) is 38.7 Å². The van der Waals surface area contributed by atoms with Crippen LogP contribution >= 0.6 is 11.3 Å². The summed E-state index contributed by atoms with van der Waals surface area (Å²) >= 11 is 1.26. The fourth-order valence-electron chi connectivity index (χ4n) is 6.17. The lowest BCUT2D eigenvalue weighted by molar-refractivity contribution is -0.143. The first-order valence-electron chi connectivity index (χ1n) is 16.0. The molecule has 11 heteroatoms. The Morgan fingerprint density at radius 2 is 1.69 bits per heavy atom. The summed E-state index contributed by atoms with van der Waals surface area (Å²) in [5.74, 6) is -0.431. The molecule has 0 aliphatic carbocycles. The summed E-state index contributed by atoms with van der Waals surface area (Å²) in [6, 6.07) is 20.9. The number of esters is 2. The van der Waals surface area contributed by atoms with Crippen molar-refractivity contribution in [3.63, 3.8) is 0 Å². The zero-order valence-corrected chi connectivity index (χ0v) is 29.1. The minimum absolute atomic E-state index is 0.157. The van der Waals surface area contributed by atoms with Gasteiger partial charge < -0.3 is 23.5 Å². The van der Waals surface area contributed by atoms with Crippen molar-refractivity contribution in [3.8, 4) is 17.2 Å². The molecule has 1 aliphatic rings. The number of hydrogen-bond acceptors (Lipinski definition) is 9. The molecule has 0 amide bonds. The number of carbonyl (C=O) groups excluding carboxylic acids is 2. The topological polar surface area (TPSA) is 110 Å². The van der Waals surface area contributed by atoms with Gasteiger partial charge in [-0.15, -0.1) is 0 Å². The van der Waals surface area contributed by atoms with Crippen molar-refractivity contribution < 1.29 is 28.5 Å². The van der Waals surface area contributed by atoms with E-state index < -0.39 is 18.0 Å². The maximum absolute atomic E-state index is 14.3. The van der Waals surface area contributed by atoms with E-state index >= 15 is 0 Å². The van der Waals surface area contributed by atoms with Crippen LogP contribution in [0.3, 0.4) is 0 Å². The lowest BCUT2D eigenvalue weighted by Gasteiger charge is -2.25. The van der Waals surface area contributed by atoms with Crippen LogP contribution in [0, 0.1) is 13.8 Å². The number of ether oxygens (including phenoxy) is 4. The molecule has 3 aromatic carbocycles. The summed E-state index contributed by atoms with van der Waals surface area (Å²) < 4.78 is 25.9. The number of aryl methyl sites for hydroxylation is 1. The van der Waals surface area contributed by atoms with Crippen LogP contribution in [0.5, 0.6) is 11.5 Å². The minimum atomic E-state index is -0.851. The first-order chi connectivity index (χ1) is 23.6. The van der Waals surface area contributed by atoms with E-state index in [4.69, 9.17) is 23.9 Å². The average molecular weight is 680 g/mol. The second kappa shape index (κ2) is 14.0. The zero-order chi connectivity index (χ0) is 34.8. The molecule has 252 valence electrons. The highest BCUT2D eigenvalue weighted by Crippen LogP contribution is 2.36. The fourth-order valence-corrected chi connectivity index (χ4v) is 7.21. The second-order valence-electron chi connectivity index (χ2n) is 11.5. The molecule has 0 saturated carbocycles. The van der Waals surface area contributed by atoms with Crippen LogP contribution in [-0.2, 0) is 19.1 Å². The van der Waals surface area contributed by atoms with Gasteiger partial charge in [-0.1, -0.05) is 47.7 Å². The number of rotatable bonds is 10. The molecule has 1 aliphatic heterocycles. The summed E-state index contributed by atoms with van der Waals surface area (Å²) in [4.78, 5) is 44.7. The Kier molecular flexibility index (Phi) is 9.55. The maximum atomic E-state index is 14.3. The van der Waals surface area contributed by atoms with Gasteiger partial charge in [0, 0.05) is 17.1 Å². The molecular weight excluding hydrogens is 642 g/mol. The van der Waals surface area contributed by atoms with Crippen molar-refractivity contribution >= 4 is 40.1 Å². The highest BCUT2D eigenvalue weighted by molar-refractivity contribution is 7.07. The van der Waals surface area contributed by atoms with Gasteiger partial charge in [0.2, 0.25) is 0 Å². The smallest absolute Gasteiger partial charge is 0.343 e. The number of methoxy groups -OCH3 is 1. The molecule has 0 unspecified atom stereocenters. The van der Waals surface area contributed by atoms with Crippen molar-refractivity contribution in [1.29, 1.82) is 0 Å². The molecule has 0 fully saturated rings. The van der Waals surface area contributed by atoms with E-state index in [9.17, 15) is 14.4 Å². The van der Waals surface area contributed by atoms with Crippen LogP contribution in [0.25, 0.3) is 22.5 Å². The fraction of sp³-hybridized carbons (Fsp3) is 0.263. The van der Waals surface area contributed by atoms with Gasteiger partial charge in [-0.05, 0) is 92.9 Å². The molecule has 2 aromatic heterocycles. The standard InChI is InChI=1S/C38H37N3O7S/c1-7-46-31-19-27(14-16-30(31)48-21-33(42)45-6)35-34(37(44)47-8-2)23(4)39-38-41(35)36(43)32(49-38)20-28-17-22(3)40(24(28)5)29-15-13-25-11-9-10-12-26(25)18-29/h9-20,35H,7-8,21H2,1-6H3/b32-20-/t35-/m0/s1. The predicted molar refractivity (Wildman–Crippen MR) is 188 cm³/mol. The summed E-state index contributed by atoms with van der Waals surface area (Å²) in [5, 5.41) is 2.31. The molecular formula is C38H37N3O7S. The lowest BCUT2D eigenvalue weighted by Crippen LogP contribution is -2.40. The molecule has 10 nitrogen and oxygen atoms in total. The SMILES string of the molecule is CCOC(=O)C1=C(C)N=c2s/c(=C\c3cc(C)n(-c4ccc5ccccc5c4)c3C)c(=O)n2[C@H]1c1ccc(OCC(=O)OC)c(OCC)c1. The average Bonchev–Trinajstić information content (AvgIpc) is 3.55. The Bertz CT molecular complexity index is 2310. The molecule has 5 aromatic rings. The quantitative estimate of drug-likeness (QED) is 0.184. The van der Waals surface area contributed by atoms with E-state index in [1.54, 1.807) is 32.0 Å². The van der Waals surface area contributed by atoms with E-state index in [1.165, 1.54) is 28.4 Å². The van der Waals surface area contributed by atoms with Gasteiger partial charge in [-0.2, -0.15) is 0 Å². The van der Waals surface area contributed by atoms with E-state index in [-0.39, 0.29) is 24.3 Å². The van der Waals surface area contributed by atoms with Crippen molar-refractivity contribution in [2.45, 2.75) is 40.7 Å². The van der Waals surface area contributed by atoms with Crippen LogP contribution in [0.2, 0.25) is 0 Å². The van der Waals surface area contributed by atoms with Gasteiger partial charge in [0.25, 0.3) is 5.56 Å². The molecule has 0 radical (unpaired) electrons. The van der Waals surface area contributed by atoms with Gasteiger partial charge in [-0.3, -0.25) is 9.36 Å². The molecule has 0 bridgehead atoms. The van der Waals surface area contributed by atoms with Crippen LogP contribution < -0.4 is 24.4 Å². The molecule has 49 heavy (non-hydrogen) atoms. The summed E-state index contributed by atoms with van der Waals surface area (Å²) in [6.07, 6.45) is 1.89. The first kappa shape index (κ1) is 33.5. The number of benzene rings is 3. The number of fused-ring (bicyclic) bond motifs is 2. The largest absolute Gasteiger partial charge is 0.490 e. The van der Waals surface area contributed by atoms with Gasteiger partial charge in [0.15, 0.2) is 22.9 Å². The third kappa shape index (κ3) is 6.41. The van der Waals surface area contributed by atoms with Gasteiger partial charge in [0.1, 0.15) is 0 Å². The van der Waals surface area contributed by atoms with Gasteiger partial charge in [-0.25, -0.2) is 14.6 Å². The maximum Gasteiger partial charge on any atom is 0.343 e. The normalized spacial score (nSPS) is 14.4. The first-order valence-corrected chi connectivity index (χ1v) is 16.8. The molecule has 0 spiro atoms. The lowest BCUT2D eigenvalue weighted by atomic mass is 9.95. The highest BCUT2D eigenvalue weighted by atomic mass is 32.1. The monoisotopic (exact) mass is 679 g/mol. The number of thiazole rings is 1. The number of carbonyl (C=O) groups is 2. The Hall–Kier alpha value is -5.42. The van der Waals surface area contributed by atoms with Gasteiger partial charge in [0.05, 0.1) is 42.2 Å². The van der Waals surface area contributed by atoms with Crippen molar-refractivity contribution in [2.24, 2.45) is 4.99 Å². The van der Waals surface area contributed by atoms with Crippen LogP contribution in [0.4, 0.5) is 0 Å². The zero-order valence-electron chi connectivity index (χ0n) is 28.2. The van der Waals surface area contributed by atoms with Crippen LogP contribution in [0.15, 0.2) is 87.8 Å². The summed E-state index contributed by atoms with van der Waals surface area (Å²) in [5.41, 5.74) is 4.96. The molecule has 3 heterocycles. The number of aromatic nitrogens is 2. The predicted octanol–water partition coefficient (Wildman–Crippen LogP) is 5.31. The Balaban J connectivity index is 1.48. The van der Waals surface area contributed by atoms with Crippen molar-refractivity contribution in [3.05, 3.63) is 120 Å². The Morgan fingerprint density at radius 3 is 2.43 bits per heavy atom. The van der Waals surface area contributed by atoms with Crippen LogP contribution in [0.1, 0.15) is 49.3 Å². The molecule has 1 atom stereocenters. The molecule has 6 rings (SSSR count). The highest BCUT2D eigenvalue weighted by Gasteiger charge is 2.34. The molecule has 0 N–H and O–H groups in total. The van der Waals surface area contributed by atoms with E-state index in [2.05, 4.69) is 41.0 Å². The van der Waals surface area contributed by atoms with Crippen LogP contribution in [-0.4, -0.2) is 48.0 Å². The number of nitrogens with zero attached hydrogens (tertiary/aromatic N) is 3. The molecule has 0 saturated heterocycles. The second-order valence-corrected chi connectivity index (χ2v) is 12.5. The van der Waals surface area contributed by atoms with E-state index in [1.807, 2.05) is 39.0 Å².